The lowest BCUT2D eigenvalue weighted by Crippen LogP contribution is -2.42. The summed E-state index contributed by atoms with van der Waals surface area (Å²) in [6.45, 7) is 4.98. The highest BCUT2D eigenvalue weighted by Crippen LogP contribution is 2.27. The minimum absolute atomic E-state index is 0.252. The number of ether oxygens (including phenoxy) is 1. The SMILES string of the molecule is Fc1ccc(OC2=CCN[C]=C2N2CCCN(C3CCC3)CC2)cc1. The molecule has 1 aliphatic carbocycles. The highest BCUT2D eigenvalue weighted by molar-refractivity contribution is 5.32. The van der Waals surface area contributed by atoms with E-state index in [-0.39, 0.29) is 5.82 Å². The number of hydrogen-bond donors (Lipinski definition) is 1. The summed E-state index contributed by atoms with van der Waals surface area (Å²) in [6, 6.07) is 6.97. The number of nitrogens with zero attached hydrogens (tertiary/aromatic N) is 2. The highest BCUT2D eigenvalue weighted by Gasteiger charge is 2.28. The van der Waals surface area contributed by atoms with Gasteiger partial charge in [0.1, 0.15) is 17.3 Å². The molecule has 2 heterocycles. The van der Waals surface area contributed by atoms with E-state index in [0.717, 1.165) is 43.6 Å². The van der Waals surface area contributed by atoms with Gasteiger partial charge in [-0.25, -0.2) is 4.39 Å². The van der Waals surface area contributed by atoms with E-state index >= 15 is 0 Å². The Morgan fingerprint density at radius 3 is 2.64 bits per heavy atom. The molecule has 133 valence electrons. The van der Waals surface area contributed by atoms with E-state index in [0.29, 0.717) is 12.3 Å². The molecule has 0 spiro atoms. The summed E-state index contributed by atoms with van der Waals surface area (Å²) in [6.07, 6.45) is 10.6. The van der Waals surface area contributed by atoms with Gasteiger partial charge >= 0.3 is 0 Å². The van der Waals surface area contributed by atoms with Crippen LogP contribution in [-0.2, 0) is 0 Å². The first-order chi connectivity index (χ1) is 12.3. The van der Waals surface area contributed by atoms with Crippen LogP contribution >= 0.6 is 0 Å². The van der Waals surface area contributed by atoms with Crippen molar-refractivity contribution in [3.05, 3.63) is 53.8 Å². The topological polar surface area (TPSA) is 27.7 Å². The van der Waals surface area contributed by atoms with Crippen molar-refractivity contribution in [1.82, 2.24) is 15.1 Å². The second-order valence-electron chi connectivity index (χ2n) is 6.94. The van der Waals surface area contributed by atoms with Crippen LogP contribution in [0, 0.1) is 12.0 Å². The standard InChI is InChI=1S/C20H25FN3O/c21-16-5-7-18(8-6-16)25-20-9-10-22-15-19(20)24-12-2-11-23(13-14-24)17-3-1-4-17/h5-9,17,22H,1-4,10-14H2. The molecule has 0 unspecified atom stereocenters. The smallest absolute Gasteiger partial charge is 0.150 e. The Balaban J connectivity index is 1.43. The average molecular weight is 342 g/mol. The molecule has 5 heteroatoms. The van der Waals surface area contributed by atoms with Crippen LogP contribution in [0.3, 0.4) is 0 Å². The van der Waals surface area contributed by atoms with E-state index in [4.69, 9.17) is 4.74 Å². The molecule has 4 nitrogen and oxygen atoms in total. The van der Waals surface area contributed by atoms with Crippen LogP contribution in [0.25, 0.3) is 0 Å². The number of dihydropyridines is 1. The third-order valence-electron chi connectivity index (χ3n) is 5.31. The fraction of sp³-hybridized carbons (Fsp3) is 0.500. The van der Waals surface area contributed by atoms with Gasteiger partial charge in [0, 0.05) is 38.8 Å². The van der Waals surface area contributed by atoms with Gasteiger partial charge in [-0.2, -0.15) is 0 Å². The van der Waals surface area contributed by atoms with Gasteiger partial charge in [0.05, 0.1) is 6.20 Å². The summed E-state index contributed by atoms with van der Waals surface area (Å²) >= 11 is 0. The molecule has 1 saturated heterocycles. The molecular weight excluding hydrogens is 317 g/mol. The zero-order valence-corrected chi connectivity index (χ0v) is 14.5. The number of benzene rings is 1. The maximum atomic E-state index is 13.1. The fourth-order valence-electron chi connectivity index (χ4n) is 3.67. The van der Waals surface area contributed by atoms with Gasteiger partial charge in [0.15, 0.2) is 5.76 Å². The van der Waals surface area contributed by atoms with Crippen molar-refractivity contribution in [2.75, 3.05) is 32.7 Å². The Morgan fingerprint density at radius 1 is 1.04 bits per heavy atom. The Kier molecular flexibility index (Phi) is 4.92. The summed E-state index contributed by atoms with van der Waals surface area (Å²) in [4.78, 5) is 5.00. The van der Waals surface area contributed by atoms with Crippen LogP contribution in [0.4, 0.5) is 4.39 Å². The third-order valence-corrected chi connectivity index (χ3v) is 5.31. The van der Waals surface area contributed by atoms with Crippen LogP contribution in [0.2, 0.25) is 0 Å². The van der Waals surface area contributed by atoms with E-state index in [2.05, 4.69) is 21.3 Å². The highest BCUT2D eigenvalue weighted by atomic mass is 19.1. The van der Waals surface area contributed by atoms with Gasteiger partial charge in [-0.1, -0.05) is 6.42 Å². The lowest BCUT2D eigenvalue weighted by Gasteiger charge is -2.37. The summed E-state index contributed by atoms with van der Waals surface area (Å²) < 4.78 is 19.1. The number of halogens is 1. The van der Waals surface area contributed by atoms with E-state index in [9.17, 15) is 4.39 Å². The molecule has 2 aliphatic heterocycles. The lowest BCUT2D eigenvalue weighted by atomic mass is 9.91. The normalized spacial score (nSPS) is 22.4. The van der Waals surface area contributed by atoms with Gasteiger partial charge in [-0.3, -0.25) is 4.90 Å². The van der Waals surface area contributed by atoms with Crippen LogP contribution in [0.5, 0.6) is 5.75 Å². The Bertz CT molecular complexity index is 651. The van der Waals surface area contributed by atoms with Crippen LogP contribution in [-0.4, -0.2) is 48.6 Å². The Morgan fingerprint density at radius 2 is 1.88 bits per heavy atom. The maximum absolute atomic E-state index is 13.1. The van der Waals surface area contributed by atoms with Crippen LogP contribution in [0.1, 0.15) is 25.7 Å². The van der Waals surface area contributed by atoms with Gasteiger partial charge in [-0.05, 0) is 49.6 Å². The first-order valence-corrected chi connectivity index (χ1v) is 9.28. The van der Waals surface area contributed by atoms with Crippen molar-refractivity contribution < 1.29 is 9.13 Å². The first-order valence-electron chi connectivity index (χ1n) is 9.28. The number of nitrogens with one attached hydrogen (secondary N) is 1. The van der Waals surface area contributed by atoms with E-state index in [1.807, 2.05) is 6.08 Å². The Labute approximate surface area is 148 Å². The van der Waals surface area contributed by atoms with Gasteiger partial charge < -0.3 is 15.0 Å². The lowest BCUT2D eigenvalue weighted by molar-refractivity contribution is 0.132. The van der Waals surface area contributed by atoms with Crippen molar-refractivity contribution in [3.8, 4) is 5.75 Å². The van der Waals surface area contributed by atoms with Gasteiger partial charge in [0.2, 0.25) is 0 Å². The van der Waals surface area contributed by atoms with Crippen LogP contribution in [0.15, 0.2) is 41.8 Å². The summed E-state index contributed by atoms with van der Waals surface area (Å²) in [5.41, 5.74) is 0.978. The summed E-state index contributed by atoms with van der Waals surface area (Å²) in [5, 5.41) is 3.18. The van der Waals surface area contributed by atoms with Gasteiger partial charge in [-0.15, -0.1) is 0 Å². The zero-order chi connectivity index (χ0) is 17.1. The molecule has 1 saturated carbocycles. The molecule has 2 fully saturated rings. The molecule has 0 atom stereocenters. The van der Waals surface area contributed by atoms with Crippen molar-refractivity contribution in [1.29, 1.82) is 0 Å². The largest absolute Gasteiger partial charge is 0.455 e. The summed E-state index contributed by atoms with van der Waals surface area (Å²) in [7, 11) is 0. The molecule has 3 aliphatic rings. The predicted molar refractivity (Wildman–Crippen MR) is 95.3 cm³/mol. The van der Waals surface area contributed by atoms with Crippen molar-refractivity contribution in [3.63, 3.8) is 0 Å². The molecule has 1 N–H and O–H groups in total. The second-order valence-corrected chi connectivity index (χ2v) is 6.94. The molecule has 0 aromatic heterocycles. The fourth-order valence-corrected chi connectivity index (χ4v) is 3.67. The molecule has 0 amide bonds. The molecule has 1 aromatic rings. The van der Waals surface area contributed by atoms with E-state index in [1.54, 1.807) is 12.1 Å². The zero-order valence-electron chi connectivity index (χ0n) is 14.5. The second kappa shape index (κ2) is 7.48. The molecule has 4 rings (SSSR count). The third kappa shape index (κ3) is 3.82. The Hall–Kier alpha value is -2.01. The molecule has 0 bridgehead atoms. The molecule has 1 radical (unpaired) electrons. The molecule has 1 aromatic carbocycles. The average Bonchev–Trinajstić information content (AvgIpc) is 2.82. The number of rotatable bonds is 4. The van der Waals surface area contributed by atoms with Crippen molar-refractivity contribution in [2.45, 2.75) is 31.7 Å². The van der Waals surface area contributed by atoms with E-state index in [1.165, 1.54) is 37.9 Å². The monoisotopic (exact) mass is 342 g/mol. The predicted octanol–water partition coefficient (Wildman–Crippen LogP) is 2.90. The first kappa shape index (κ1) is 16.5. The molecule has 25 heavy (non-hydrogen) atoms. The van der Waals surface area contributed by atoms with E-state index < -0.39 is 0 Å². The maximum Gasteiger partial charge on any atom is 0.150 e. The minimum atomic E-state index is -0.252. The molecular formula is C20H25FN3O. The summed E-state index contributed by atoms with van der Waals surface area (Å²) in [5.74, 6) is 1.21. The quantitative estimate of drug-likeness (QED) is 0.911. The van der Waals surface area contributed by atoms with Crippen LogP contribution < -0.4 is 10.1 Å². The van der Waals surface area contributed by atoms with Crippen molar-refractivity contribution >= 4 is 0 Å². The van der Waals surface area contributed by atoms with Crippen molar-refractivity contribution in [2.24, 2.45) is 0 Å². The number of hydrogen-bond acceptors (Lipinski definition) is 4. The minimum Gasteiger partial charge on any atom is -0.455 e. The van der Waals surface area contributed by atoms with Gasteiger partial charge in [0.25, 0.3) is 0 Å².